The van der Waals surface area contributed by atoms with E-state index in [2.05, 4.69) is 53.6 Å². The maximum absolute atomic E-state index is 6.29. The number of ether oxygens (including phenoxy) is 3. The van der Waals surface area contributed by atoms with Crippen LogP contribution in [0.25, 0.3) is 21.8 Å². The Morgan fingerprint density at radius 1 is 0.838 bits per heavy atom. The molecule has 5 aromatic rings. The van der Waals surface area contributed by atoms with Crippen LogP contribution < -0.4 is 14.2 Å². The number of aryl methyl sites for hydroxylation is 1. The molecule has 5 nitrogen and oxygen atoms in total. The number of allylic oxidation sites excluding steroid dienone is 1. The minimum atomic E-state index is 0.410. The summed E-state index contributed by atoms with van der Waals surface area (Å²) in [7, 11) is 1.67. The number of methoxy groups -OCH3 is 1. The van der Waals surface area contributed by atoms with Crippen LogP contribution in [0.1, 0.15) is 24.2 Å². The van der Waals surface area contributed by atoms with Crippen molar-refractivity contribution in [1.29, 1.82) is 0 Å². The van der Waals surface area contributed by atoms with Gasteiger partial charge in [0.1, 0.15) is 18.2 Å². The molecule has 0 bridgehead atoms. The fourth-order valence-corrected chi connectivity index (χ4v) is 4.63. The summed E-state index contributed by atoms with van der Waals surface area (Å²) in [4.78, 5) is 4.88. The van der Waals surface area contributed by atoms with Crippen LogP contribution in [0.15, 0.2) is 97.6 Å². The summed E-state index contributed by atoms with van der Waals surface area (Å²) in [6.07, 6.45) is 4.56. The smallest absolute Gasteiger partial charge is 0.161 e. The summed E-state index contributed by atoms with van der Waals surface area (Å²) in [6, 6.07) is 28.7. The standard InChI is InChI=1S/C32H32N2O3/c1-3-11-24-18-19-30(31(22-24)35-2)36-21-9-8-20-34-28-16-7-6-15-27(28)33-32(34)23-37-29-17-10-13-25-12-4-5-14-26(25)29/h3-7,10,12-19,22H,1,8-9,11,20-21,23H2,2H3. The molecule has 188 valence electrons. The summed E-state index contributed by atoms with van der Waals surface area (Å²) in [5.41, 5.74) is 3.27. The highest BCUT2D eigenvalue weighted by atomic mass is 16.5. The van der Waals surface area contributed by atoms with Crippen LogP contribution in [0.4, 0.5) is 0 Å². The normalized spacial score (nSPS) is 11.1. The van der Waals surface area contributed by atoms with Gasteiger partial charge in [-0.25, -0.2) is 4.98 Å². The molecule has 0 fully saturated rings. The van der Waals surface area contributed by atoms with Crippen LogP contribution in [0.5, 0.6) is 17.2 Å². The van der Waals surface area contributed by atoms with Gasteiger partial charge in [-0.15, -0.1) is 6.58 Å². The lowest BCUT2D eigenvalue weighted by Gasteiger charge is -2.13. The Morgan fingerprint density at radius 2 is 1.68 bits per heavy atom. The second-order valence-electron chi connectivity index (χ2n) is 8.97. The van der Waals surface area contributed by atoms with Gasteiger partial charge in [0.25, 0.3) is 0 Å². The Labute approximate surface area is 217 Å². The Morgan fingerprint density at radius 3 is 2.57 bits per heavy atom. The molecule has 0 spiro atoms. The van der Waals surface area contributed by atoms with Crippen LogP contribution in [-0.4, -0.2) is 23.3 Å². The van der Waals surface area contributed by atoms with Gasteiger partial charge in [0.2, 0.25) is 0 Å². The second kappa shape index (κ2) is 11.7. The molecule has 0 aliphatic carbocycles. The summed E-state index contributed by atoms with van der Waals surface area (Å²) >= 11 is 0. The maximum Gasteiger partial charge on any atom is 0.161 e. The Hall–Kier alpha value is -4.25. The molecule has 0 N–H and O–H groups in total. The lowest BCUT2D eigenvalue weighted by molar-refractivity contribution is 0.279. The van der Waals surface area contributed by atoms with E-state index < -0.39 is 0 Å². The van der Waals surface area contributed by atoms with E-state index in [1.54, 1.807) is 7.11 Å². The number of benzene rings is 4. The number of imidazole rings is 1. The van der Waals surface area contributed by atoms with Gasteiger partial charge >= 0.3 is 0 Å². The minimum Gasteiger partial charge on any atom is -0.493 e. The van der Waals surface area contributed by atoms with Crippen molar-refractivity contribution < 1.29 is 14.2 Å². The minimum absolute atomic E-state index is 0.410. The molecule has 0 saturated heterocycles. The van der Waals surface area contributed by atoms with Gasteiger partial charge in [-0.2, -0.15) is 0 Å². The number of unbranched alkanes of at least 4 members (excludes halogenated alkanes) is 1. The number of para-hydroxylation sites is 2. The average molecular weight is 493 g/mol. The van der Waals surface area contributed by atoms with Gasteiger partial charge in [0, 0.05) is 11.9 Å². The highest BCUT2D eigenvalue weighted by molar-refractivity contribution is 5.88. The van der Waals surface area contributed by atoms with Gasteiger partial charge in [0.05, 0.1) is 24.8 Å². The van der Waals surface area contributed by atoms with Crippen molar-refractivity contribution in [1.82, 2.24) is 9.55 Å². The predicted octanol–water partition coefficient (Wildman–Crippen LogP) is 7.36. The summed E-state index contributed by atoms with van der Waals surface area (Å²) in [6.45, 7) is 5.67. The van der Waals surface area contributed by atoms with Crippen LogP contribution in [0, 0.1) is 0 Å². The van der Waals surface area contributed by atoms with E-state index in [9.17, 15) is 0 Å². The van der Waals surface area contributed by atoms with E-state index >= 15 is 0 Å². The third-order valence-electron chi connectivity index (χ3n) is 6.48. The molecule has 0 amide bonds. The molecule has 5 rings (SSSR count). The number of hydrogen-bond donors (Lipinski definition) is 0. The highest BCUT2D eigenvalue weighted by Crippen LogP contribution is 2.29. The summed E-state index contributed by atoms with van der Waals surface area (Å²) < 4.78 is 20.1. The Kier molecular flexibility index (Phi) is 7.70. The SMILES string of the molecule is C=CCc1ccc(OCCCCn2c(COc3cccc4ccccc34)nc3ccccc32)c(OC)c1. The van der Waals surface area contributed by atoms with Crippen molar-refractivity contribution in [2.75, 3.05) is 13.7 Å². The molecular formula is C32H32N2O3. The largest absolute Gasteiger partial charge is 0.493 e. The molecule has 37 heavy (non-hydrogen) atoms. The van der Waals surface area contributed by atoms with E-state index in [-0.39, 0.29) is 0 Å². The summed E-state index contributed by atoms with van der Waals surface area (Å²) in [5, 5.41) is 2.28. The number of fused-ring (bicyclic) bond motifs is 2. The lowest BCUT2D eigenvalue weighted by atomic mass is 10.1. The molecule has 1 heterocycles. The van der Waals surface area contributed by atoms with E-state index in [0.717, 1.165) is 70.9 Å². The highest BCUT2D eigenvalue weighted by Gasteiger charge is 2.12. The Bertz CT molecular complexity index is 1500. The van der Waals surface area contributed by atoms with Crippen molar-refractivity contribution in [3.63, 3.8) is 0 Å². The van der Waals surface area contributed by atoms with Crippen molar-refractivity contribution in [2.45, 2.75) is 32.4 Å². The van der Waals surface area contributed by atoms with Crippen LogP contribution in [0.3, 0.4) is 0 Å². The summed E-state index contributed by atoms with van der Waals surface area (Å²) in [5.74, 6) is 3.33. The fourth-order valence-electron chi connectivity index (χ4n) is 4.63. The topological polar surface area (TPSA) is 45.5 Å². The first-order valence-corrected chi connectivity index (χ1v) is 12.7. The third kappa shape index (κ3) is 5.61. The number of nitrogens with zero attached hydrogens (tertiary/aromatic N) is 2. The first kappa shape index (κ1) is 24.4. The van der Waals surface area contributed by atoms with Crippen molar-refractivity contribution in [2.24, 2.45) is 0 Å². The maximum atomic E-state index is 6.29. The quantitative estimate of drug-likeness (QED) is 0.135. The zero-order valence-electron chi connectivity index (χ0n) is 21.2. The zero-order valence-corrected chi connectivity index (χ0v) is 21.2. The Balaban J connectivity index is 1.24. The first-order valence-electron chi connectivity index (χ1n) is 12.7. The molecule has 0 aliphatic rings. The fraction of sp³-hybridized carbons (Fsp3) is 0.219. The molecule has 0 aliphatic heterocycles. The predicted molar refractivity (Wildman–Crippen MR) is 150 cm³/mol. The van der Waals surface area contributed by atoms with Gasteiger partial charge in [0.15, 0.2) is 11.5 Å². The van der Waals surface area contributed by atoms with E-state index in [4.69, 9.17) is 19.2 Å². The van der Waals surface area contributed by atoms with Crippen molar-refractivity contribution in [3.8, 4) is 17.2 Å². The number of rotatable bonds is 12. The van der Waals surface area contributed by atoms with E-state index in [1.807, 2.05) is 48.5 Å². The van der Waals surface area contributed by atoms with E-state index in [0.29, 0.717) is 13.2 Å². The number of aromatic nitrogens is 2. The van der Waals surface area contributed by atoms with Crippen molar-refractivity contribution >= 4 is 21.8 Å². The molecule has 0 saturated carbocycles. The van der Waals surface area contributed by atoms with Gasteiger partial charge in [-0.1, -0.05) is 60.7 Å². The molecule has 1 aromatic heterocycles. The second-order valence-corrected chi connectivity index (χ2v) is 8.97. The molecule has 4 aromatic carbocycles. The molecule has 0 atom stereocenters. The van der Waals surface area contributed by atoms with Gasteiger partial charge in [-0.05, 0) is 60.5 Å². The number of hydrogen-bond acceptors (Lipinski definition) is 4. The third-order valence-corrected chi connectivity index (χ3v) is 6.48. The van der Waals surface area contributed by atoms with Crippen molar-refractivity contribution in [3.05, 3.63) is 109 Å². The molecular weight excluding hydrogens is 460 g/mol. The van der Waals surface area contributed by atoms with Gasteiger partial charge in [-0.3, -0.25) is 0 Å². The zero-order chi connectivity index (χ0) is 25.5. The van der Waals surface area contributed by atoms with Crippen LogP contribution in [0.2, 0.25) is 0 Å². The lowest BCUT2D eigenvalue weighted by Crippen LogP contribution is -2.09. The van der Waals surface area contributed by atoms with Gasteiger partial charge < -0.3 is 18.8 Å². The average Bonchev–Trinajstić information content (AvgIpc) is 3.29. The molecule has 0 unspecified atom stereocenters. The van der Waals surface area contributed by atoms with E-state index in [1.165, 1.54) is 5.39 Å². The first-order chi connectivity index (χ1) is 18.3. The molecule has 5 heteroatoms. The molecule has 0 radical (unpaired) electrons. The van der Waals surface area contributed by atoms with Crippen LogP contribution >= 0.6 is 0 Å². The monoisotopic (exact) mass is 492 g/mol. The van der Waals surface area contributed by atoms with Crippen LogP contribution in [-0.2, 0) is 19.6 Å².